The average molecular weight is 419 g/mol. The summed E-state index contributed by atoms with van der Waals surface area (Å²) in [5, 5.41) is 31.5. The lowest BCUT2D eigenvalue weighted by Crippen LogP contribution is -2.55. The van der Waals surface area contributed by atoms with Gasteiger partial charge in [0.05, 0.1) is 6.61 Å². The normalized spacial score (nSPS) is 29.8. The molecule has 5 atom stereocenters. The number of hydrogen-bond acceptors (Lipinski definition) is 5. The molecule has 2 aromatic rings. The Bertz CT molecular complexity index is 836. The SMILES string of the molecule is COCC1OC(c2ccc(Cl)c(Cc3ccc(C4CC4)cc3)c2)C(O)C(O)C1O. The molecule has 1 aliphatic heterocycles. The van der Waals surface area contributed by atoms with E-state index in [1.54, 1.807) is 12.1 Å². The van der Waals surface area contributed by atoms with Crippen molar-refractivity contribution in [3.05, 3.63) is 69.7 Å². The maximum absolute atomic E-state index is 10.5. The minimum Gasteiger partial charge on any atom is -0.388 e. The van der Waals surface area contributed by atoms with Crippen molar-refractivity contribution in [2.45, 2.75) is 55.7 Å². The van der Waals surface area contributed by atoms with Crippen molar-refractivity contribution in [1.82, 2.24) is 0 Å². The van der Waals surface area contributed by atoms with Crippen LogP contribution >= 0.6 is 11.6 Å². The number of aliphatic hydroxyl groups excluding tert-OH is 3. The fraction of sp³-hybridized carbons (Fsp3) is 0.478. The van der Waals surface area contributed by atoms with Crippen LogP contribution in [0.3, 0.4) is 0 Å². The van der Waals surface area contributed by atoms with E-state index in [0.29, 0.717) is 17.0 Å². The van der Waals surface area contributed by atoms with Crippen LogP contribution in [0.25, 0.3) is 0 Å². The van der Waals surface area contributed by atoms with Gasteiger partial charge in [0.1, 0.15) is 30.5 Å². The lowest BCUT2D eigenvalue weighted by atomic mass is 9.90. The first-order chi connectivity index (χ1) is 14.0. The Balaban J connectivity index is 1.55. The zero-order valence-electron chi connectivity index (χ0n) is 16.4. The Labute approximate surface area is 175 Å². The second-order valence-corrected chi connectivity index (χ2v) is 8.47. The van der Waals surface area contributed by atoms with E-state index in [4.69, 9.17) is 21.1 Å². The van der Waals surface area contributed by atoms with Crippen LogP contribution in [0, 0.1) is 0 Å². The maximum atomic E-state index is 10.5. The molecule has 156 valence electrons. The monoisotopic (exact) mass is 418 g/mol. The van der Waals surface area contributed by atoms with Gasteiger partial charge in [0.25, 0.3) is 0 Å². The Hall–Kier alpha value is -1.47. The topological polar surface area (TPSA) is 79.2 Å². The average Bonchev–Trinajstić information content (AvgIpc) is 3.56. The third-order valence-corrected chi connectivity index (χ3v) is 6.23. The van der Waals surface area contributed by atoms with Gasteiger partial charge in [0, 0.05) is 12.1 Å². The Morgan fingerprint density at radius 1 is 0.966 bits per heavy atom. The number of hydrogen-bond donors (Lipinski definition) is 3. The quantitative estimate of drug-likeness (QED) is 0.672. The van der Waals surface area contributed by atoms with Crippen molar-refractivity contribution in [2.24, 2.45) is 0 Å². The first kappa shape index (κ1) is 20.8. The highest BCUT2D eigenvalue weighted by atomic mass is 35.5. The molecule has 1 saturated heterocycles. The number of halogens is 1. The summed E-state index contributed by atoms with van der Waals surface area (Å²) in [4.78, 5) is 0. The lowest BCUT2D eigenvalue weighted by molar-refractivity contribution is -0.233. The van der Waals surface area contributed by atoms with E-state index in [1.165, 1.54) is 25.5 Å². The Morgan fingerprint density at radius 2 is 1.66 bits per heavy atom. The van der Waals surface area contributed by atoms with Crippen LogP contribution in [0.15, 0.2) is 42.5 Å². The fourth-order valence-corrected chi connectivity index (χ4v) is 4.16. The second kappa shape index (κ2) is 8.72. The molecule has 0 radical (unpaired) electrons. The van der Waals surface area contributed by atoms with E-state index in [2.05, 4.69) is 24.3 Å². The predicted molar refractivity (Wildman–Crippen MR) is 110 cm³/mol. The van der Waals surface area contributed by atoms with Gasteiger partial charge in [0.15, 0.2) is 0 Å². The molecular formula is C23H27ClO5. The second-order valence-electron chi connectivity index (χ2n) is 8.07. The van der Waals surface area contributed by atoms with Crippen LogP contribution in [0.4, 0.5) is 0 Å². The van der Waals surface area contributed by atoms with Crippen molar-refractivity contribution in [2.75, 3.05) is 13.7 Å². The van der Waals surface area contributed by atoms with E-state index in [1.807, 2.05) is 6.07 Å². The molecule has 0 spiro atoms. The van der Waals surface area contributed by atoms with E-state index in [0.717, 1.165) is 17.0 Å². The summed E-state index contributed by atoms with van der Waals surface area (Å²) >= 11 is 6.43. The molecule has 2 aliphatic rings. The highest BCUT2D eigenvalue weighted by Crippen LogP contribution is 2.40. The van der Waals surface area contributed by atoms with E-state index in [-0.39, 0.29) is 6.61 Å². The van der Waals surface area contributed by atoms with Crippen molar-refractivity contribution in [1.29, 1.82) is 0 Å². The van der Waals surface area contributed by atoms with Gasteiger partial charge in [-0.1, -0.05) is 48.0 Å². The smallest absolute Gasteiger partial charge is 0.113 e. The molecule has 3 N–H and O–H groups in total. The summed E-state index contributed by atoms with van der Waals surface area (Å²) in [6.45, 7) is 0.120. The molecule has 6 heteroatoms. The molecule has 29 heavy (non-hydrogen) atoms. The molecule has 1 heterocycles. The number of aliphatic hydroxyl groups is 3. The van der Waals surface area contributed by atoms with Crippen molar-refractivity contribution >= 4 is 11.6 Å². The zero-order valence-corrected chi connectivity index (χ0v) is 17.1. The van der Waals surface area contributed by atoms with Gasteiger partial charge < -0.3 is 24.8 Å². The molecule has 5 nitrogen and oxygen atoms in total. The highest BCUT2D eigenvalue weighted by Gasteiger charge is 2.44. The molecule has 4 rings (SSSR count). The van der Waals surface area contributed by atoms with E-state index >= 15 is 0 Å². The van der Waals surface area contributed by atoms with Gasteiger partial charge in [-0.2, -0.15) is 0 Å². The van der Waals surface area contributed by atoms with Crippen LogP contribution in [-0.4, -0.2) is 53.5 Å². The van der Waals surface area contributed by atoms with Crippen molar-refractivity contribution in [3.8, 4) is 0 Å². The molecule has 0 bridgehead atoms. The summed E-state index contributed by atoms with van der Waals surface area (Å²) in [5.41, 5.74) is 4.18. The Kier molecular flexibility index (Phi) is 6.25. The van der Waals surface area contributed by atoms with Crippen molar-refractivity contribution in [3.63, 3.8) is 0 Å². The van der Waals surface area contributed by atoms with Crippen LogP contribution in [0.5, 0.6) is 0 Å². The molecule has 5 unspecified atom stereocenters. The van der Waals surface area contributed by atoms with E-state index < -0.39 is 30.5 Å². The zero-order chi connectivity index (χ0) is 20.5. The Morgan fingerprint density at radius 3 is 2.31 bits per heavy atom. The van der Waals surface area contributed by atoms with Crippen molar-refractivity contribution < 1.29 is 24.8 Å². The first-order valence-corrected chi connectivity index (χ1v) is 10.4. The van der Waals surface area contributed by atoms with Gasteiger partial charge in [-0.15, -0.1) is 0 Å². The summed E-state index contributed by atoms with van der Waals surface area (Å²) in [7, 11) is 1.50. The highest BCUT2D eigenvalue weighted by molar-refractivity contribution is 6.31. The van der Waals surface area contributed by atoms with Crippen LogP contribution < -0.4 is 0 Å². The molecule has 2 fully saturated rings. The third kappa shape index (κ3) is 4.50. The summed E-state index contributed by atoms with van der Waals surface area (Å²) in [6, 6.07) is 14.1. The van der Waals surface area contributed by atoms with Gasteiger partial charge in [-0.05, 0) is 53.5 Å². The van der Waals surface area contributed by atoms with Gasteiger partial charge >= 0.3 is 0 Å². The minimum atomic E-state index is -1.32. The fourth-order valence-electron chi connectivity index (χ4n) is 3.98. The third-order valence-electron chi connectivity index (χ3n) is 5.86. The summed E-state index contributed by atoms with van der Waals surface area (Å²) < 4.78 is 10.9. The lowest BCUT2D eigenvalue weighted by Gasteiger charge is -2.40. The molecule has 0 amide bonds. The largest absolute Gasteiger partial charge is 0.388 e. The van der Waals surface area contributed by atoms with Gasteiger partial charge in [0.2, 0.25) is 0 Å². The molecule has 0 aromatic heterocycles. The van der Waals surface area contributed by atoms with Gasteiger partial charge in [-0.25, -0.2) is 0 Å². The number of methoxy groups -OCH3 is 1. The maximum Gasteiger partial charge on any atom is 0.113 e. The van der Waals surface area contributed by atoms with Crippen LogP contribution in [-0.2, 0) is 15.9 Å². The number of ether oxygens (including phenoxy) is 2. The number of rotatable bonds is 6. The molecule has 1 aliphatic carbocycles. The first-order valence-electron chi connectivity index (χ1n) is 10.0. The summed E-state index contributed by atoms with van der Waals surface area (Å²) in [5.74, 6) is 0.725. The van der Waals surface area contributed by atoms with Crippen LogP contribution in [0.1, 0.15) is 47.1 Å². The molecule has 2 aromatic carbocycles. The van der Waals surface area contributed by atoms with E-state index in [9.17, 15) is 15.3 Å². The predicted octanol–water partition coefficient (Wildman–Crippen LogP) is 2.98. The molecular weight excluding hydrogens is 392 g/mol. The minimum absolute atomic E-state index is 0.120. The molecule has 1 saturated carbocycles. The standard InChI is InChI=1S/C23H27ClO5/c1-28-12-19-20(25)21(26)22(27)23(29-19)16-8-9-18(24)17(11-16)10-13-2-4-14(5-3-13)15-6-7-15/h2-5,8-9,11,15,19-23,25-27H,6-7,10,12H2,1H3. The number of benzene rings is 2. The van der Waals surface area contributed by atoms with Crippen LogP contribution in [0.2, 0.25) is 5.02 Å². The summed E-state index contributed by atoms with van der Waals surface area (Å²) in [6.07, 6.45) is -2.05. The van der Waals surface area contributed by atoms with Gasteiger partial charge in [-0.3, -0.25) is 0 Å².